The van der Waals surface area contributed by atoms with Crippen molar-refractivity contribution in [2.24, 2.45) is 11.1 Å². The van der Waals surface area contributed by atoms with Crippen LogP contribution < -0.4 is 10.5 Å². The molecule has 0 atom stereocenters. The molecule has 0 spiro atoms. The zero-order valence-corrected chi connectivity index (χ0v) is 16.7. The Balaban J connectivity index is 1.50. The molecule has 0 aliphatic carbocycles. The van der Waals surface area contributed by atoms with Gasteiger partial charge in [-0.05, 0) is 54.6 Å². The highest BCUT2D eigenvalue weighted by Crippen LogP contribution is 2.21. The molecule has 2 amide bonds. The van der Waals surface area contributed by atoms with E-state index in [2.05, 4.69) is 5.32 Å². The molecule has 148 valence electrons. The molecule has 0 bridgehead atoms. The van der Waals surface area contributed by atoms with Crippen molar-refractivity contribution in [1.29, 1.82) is 0 Å². The summed E-state index contributed by atoms with van der Waals surface area (Å²) in [6, 6.07) is 9.59. The van der Waals surface area contributed by atoms with Gasteiger partial charge in [0.25, 0.3) is 0 Å². The quantitative estimate of drug-likeness (QED) is 0.725. The summed E-state index contributed by atoms with van der Waals surface area (Å²) in [6.45, 7) is 1.05. The van der Waals surface area contributed by atoms with E-state index in [9.17, 15) is 18.0 Å². The van der Waals surface area contributed by atoms with Gasteiger partial charge < -0.3 is 10.2 Å². The van der Waals surface area contributed by atoms with Gasteiger partial charge in [0.05, 0.1) is 4.90 Å². The summed E-state index contributed by atoms with van der Waals surface area (Å²) in [4.78, 5) is 27.5. The largest absolute Gasteiger partial charge is 0.339 e. The minimum atomic E-state index is -3.76. The first-order chi connectivity index (χ1) is 13.3. The molecule has 2 aromatic rings. The maximum absolute atomic E-state index is 12.4. The van der Waals surface area contributed by atoms with Gasteiger partial charge in [0.15, 0.2) is 0 Å². The number of nitrogens with zero attached hydrogens (tertiary/aromatic N) is 1. The van der Waals surface area contributed by atoms with Gasteiger partial charge in [-0.3, -0.25) is 9.59 Å². The second-order valence-electron chi connectivity index (χ2n) is 6.51. The number of sulfonamides is 1. The van der Waals surface area contributed by atoms with Gasteiger partial charge in [-0.2, -0.15) is 0 Å². The number of nitrogens with two attached hydrogens (primary N) is 1. The third-order valence-corrected chi connectivity index (χ3v) is 6.33. The summed E-state index contributed by atoms with van der Waals surface area (Å²) < 4.78 is 22.5. The molecule has 9 heteroatoms. The lowest BCUT2D eigenvalue weighted by Gasteiger charge is -2.30. The molecule has 2 heterocycles. The number of benzene rings is 1. The Bertz CT molecular complexity index is 959. The van der Waals surface area contributed by atoms with Crippen molar-refractivity contribution in [2.45, 2.75) is 17.7 Å². The predicted molar refractivity (Wildman–Crippen MR) is 109 cm³/mol. The topological polar surface area (TPSA) is 110 Å². The summed E-state index contributed by atoms with van der Waals surface area (Å²) in [5.74, 6) is -0.376. The van der Waals surface area contributed by atoms with Crippen molar-refractivity contribution >= 4 is 44.9 Å². The SMILES string of the molecule is NS(=O)(=O)c1ccc(NC(=O)C2CCN(C(=O)/C=C/c3cccs3)CC2)cc1. The Kier molecular flexibility index (Phi) is 6.28. The fourth-order valence-electron chi connectivity index (χ4n) is 2.98. The Morgan fingerprint density at radius 2 is 1.82 bits per heavy atom. The molecule has 0 radical (unpaired) electrons. The molecular weight excluding hydrogens is 398 g/mol. The monoisotopic (exact) mass is 419 g/mol. The van der Waals surface area contributed by atoms with E-state index in [1.807, 2.05) is 17.5 Å². The Morgan fingerprint density at radius 3 is 2.39 bits per heavy atom. The molecule has 28 heavy (non-hydrogen) atoms. The van der Waals surface area contributed by atoms with Crippen molar-refractivity contribution in [3.05, 3.63) is 52.7 Å². The van der Waals surface area contributed by atoms with Gasteiger partial charge in [0.2, 0.25) is 21.8 Å². The number of rotatable bonds is 5. The number of amides is 2. The highest BCUT2D eigenvalue weighted by molar-refractivity contribution is 7.89. The van der Waals surface area contributed by atoms with Crippen molar-refractivity contribution in [3.63, 3.8) is 0 Å². The number of primary sulfonamides is 1. The first-order valence-corrected chi connectivity index (χ1v) is 11.2. The number of hydrogen-bond donors (Lipinski definition) is 2. The lowest BCUT2D eigenvalue weighted by molar-refractivity contribution is -0.130. The summed E-state index contributed by atoms with van der Waals surface area (Å²) >= 11 is 1.57. The van der Waals surface area contributed by atoms with Crippen LogP contribution in [-0.2, 0) is 19.6 Å². The molecule has 1 saturated heterocycles. The number of carbonyl (C=O) groups is 2. The summed E-state index contributed by atoms with van der Waals surface area (Å²) in [5.41, 5.74) is 0.509. The van der Waals surface area contributed by atoms with Crippen molar-refractivity contribution in [3.8, 4) is 0 Å². The van der Waals surface area contributed by atoms with Crippen molar-refractivity contribution in [2.75, 3.05) is 18.4 Å². The maximum Gasteiger partial charge on any atom is 0.246 e. The Morgan fingerprint density at radius 1 is 1.14 bits per heavy atom. The first-order valence-electron chi connectivity index (χ1n) is 8.77. The highest BCUT2D eigenvalue weighted by Gasteiger charge is 2.26. The minimum Gasteiger partial charge on any atom is -0.339 e. The normalized spacial score (nSPS) is 15.7. The number of thiophene rings is 1. The molecule has 3 rings (SSSR count). The molecule has 0 unspecified atom stereocenters. The zero-order valence-electron chi connectivity index (χ0n) is 15.1. The third-order valence-electron chi connectivity index (χ3n) is 4.56. The smallest absolute Gasteiger partial charge is 0.246 e. The van der Waals surface area contributed by atoms with Crippen LogP contribution in [0.3, 0.4) is 0 Å². The second-order valence-corrected chi connectivity index (χ2v) is 9.05. The highest BCUT2D eigenvalue weighted by atomic mass is 32.2. The first kappa shape index (κ1) is 20.2. The van der Waals surface area contributed by atoms with E-state index in [4.69, 9.17) is 5.14 Å². The lowest BCUT2D eigenvalue weighted by Crippen LogP contribution is -2.40. The van der Waals surface area contributed by atoms with Crippen LogP contribution in [-0.4, -0.2) is 38.2 Å². The zero-order chi connectivity index (χ0) is 20.1. The summed E-state index contributed by atoms with van der Waals surface area (Å²) in [5, 5.41) is 9.80. The van der Waals surface area contributed by atoms with Gasteiger partial charge in [-0.25, -0.2) is 13.6 Å². The van der Waals surface area contributed by atoms with E-state index in [0.29, 0.717) is 31.6 Å². The molecule has 3 N–H and O–H groups in total. The van der Waals surface area contributed by atoms with Crippen molar-refractivity contribution < 1.29 is 18.0 Å². The van der Waals surface area contributed by atoms with Crippen LogP contribution in [0, 0.1) is 5.92 Å². The summed E-state index contributed by atoms with van der Waals surface area (Å²) in [7, 11) is -3.76. The van der Waals surface area contributed by atoms with Crippen molar-refractivity contribution in [1.82, 2.24) is 4.90 Å². The van der Waals surface area contributed by atoms with Gasteiger partial charge in [-0.15, -0.1) is 11.3 Å². The predicted octanol–water partition coefficient (Wildman–Crippen LogP) is 2.29. The molecule has 1 aromatic heterocycles. The van der Waals surface area contributed by atoms with Crippen LogP contribution in [0.4, 0.5) is 5.69 Å². The van der Waals surface area contributed by atoms with E-state index in [-0.39, 0.29) is 22.6 Å². The van der Waals surface area contributed by atoms with Crippen LogP contribution in [0.2, 0.25) is 0 Å². The number of carbonyl (C=O) groups excluding carboxylic acids is 2. The molecular formula is C19H21N3O4S2. The summed E-state index contributed by atoms with van der Waals surface area (Å²) in [6.07, 6.45) is 4.54. The van der Waals surface area contributed by atoms with Gasteiger partial charge >= 0.3 is 0 Å². The fraction of sp³-hybridized carbons (Fsp3) is 0.263. The van der Waals surface area contributed by atoms with Gasteiger partial charge in [-0.1, -0.05) is 6.07 Å². The number of piperidine rings is 1. The molecule has 1 aliphatic heterocycles. The molecule has 1 aromatic carbocycles. The molecule has 1 aliphatic rings. The van der Waals surface area contributed by atoms with E-state index in [0.717, 1.165) is 4.88 Å². The number of nitrogens with one attached hydrogen (secondary N) is 1. The van der Waals surface area contributed by atoms with Crippen LogP contribution in [0.5, 0.6) is 0 Å². The Hall–Kier alpha value is -2.49. The second kappa shape index (κ2) is 8.68. The van der Waals surface area contributed by atoms with Crippen LogP contribution in [0.1, 0.15) is 17.7 Å². The lowest BCUT2D eigenvalue weighted by atomic mass is 9.95. The standard InChI is InChI=1S/C19H21N3O4S2/c20-28(25,26)17-6-3-15(4-7-17)21-19(24)14-9-11-22(12-10-14)18(23)8-5-16-2-1-13-27-16/h1-8,13-14H,9-12H2,(H,21,24)(H2,20,25,26)/b8-5+. The Labute approximate surface area is 167 Å². The average Bonchev–Trinajstić information content (AvgIpc) is 3.19. The third kappa shape index (κ3) is 5.28. The van der Waals surface area contributed by atoms with E-state index >= 15 is 0 Å². The van der Waals surface area contributed by atoms with Gasteiger partial charge in [0, 0.05) is 35.6 Å². The minimum absolute atomic E-state index is 0.00655. The number of likely N-dealkylation sites (tertiary alicyclic amines) is 1. The molecule has 1 fully saturated rings. The number of hydrogen-bond acceptors (Lipinski definition) is 5. The fourth-order valence-corrected chi connectivity index (χ4v) is 4.11. The maximum atomic E-state index is 12.4. The average molecular weight is 420 g/mol. The molecule has 0 saturated carbocycles. The van der Waals surface area contributed by atoms with E-state index in [1.165, 1.54) is 24.3 Å². The van der Waals surface area contributed by atoms with Crippen LogP contribution in [0.15, 0.2) is 52.7 Å². The van der Waals surface area contributed by atoms with Crippen LogP contribution >= 0.6 is 11.3 Å². The van der Waals surface area contributed by atoms with E-state index in [1.54, 1.807) is 28.4 Å². The van der Waals surface area contributed by atoms with E-state index < -0.39 is 10.0 Å². The van der Waals surface area contributed by atoms with Crippen LogP contribution in [0.25, 0.3) is 6.08 Å². The molecule has 7 nitrogen and oxygen atoms in total. The number of anilines is 1. The van der Waals surface area contributed by atoms with Gasteiger partial charge in [0.1, 0.15) is 0 Å².